The van der Waals surface area contributed by atoms with E-state index in [0.29, 0.717) is 11.1 Å². The molecule has 0 heterocycles. The van der Waals surface area contributed by atoms with Crippen molar-refractivity contribution in [3.8, 4) is 11.5 Å². The number of hydrogen-bond acceptors (Lipinski definition) is 4. The molecule has 0 aliphatic carbocycles. The Labute approximate surface area is 228 Å². The topological polar surface area (TPSA) is 65.2 Å². The number of aliphatic imine (C=N–C) groups is 2. The summed E-state index contributed by atoms with van der Waals surface area (Å²) in [7, 11) is 9.78. The number of halogens is 2. The normalized spacial score (nSPS) is 11.3. The third-order valence-electron chi connectivity index (χ3n) is 5.72. The Kier molecular flexibility index (Phi) is 10.3. The van der Waals surface area contributed by atoms with E-state index in [4.69, 9.17) is 18.6 Å². The second-order valence-electron chi connectivity index (χ2n) is 8.40. The Morgan fingerprint density at radius 3 is 1.97 bits per heavy atom. The van der Waals surface area contributed by atoms with Gasteiger partial charge in [-0.15, -0.1) is 0 Å². The van der Waals surface area contributed by atoms with Crippen LogP contribution >= 0.6 is 18.6 Å². The van der Waals surface area contributed by atoms with Crippen molar-refractivity contribution in [3.63, 3.8) is 0 Å². The number of phenolic OH excluding ortho intramolecular Hbond substituents is 2. The number of rotatable bonds is 6. The molecule has 0 bridgehead atoms. The number of nitrogens with zero attached hydrogens (tertiary/aromatic N) is 2. The molecule has 182 valence electrons. The third kappa shape index (κ3) is 7.31. The summed E-state index contributed by atoms with van der Waals surface area (Å²) in [4.78, 5) is 9.10. The van der Waals surface area contributed by atoms with Crippen molar-refractivity contribution in [2.75, 3.05) is 0 Å². The molecule has 4 rings (SSSR count). The van der Waals surface area contributed by atoms with Gasteiger partial charge in [-0.3, -0.25) is 9.98 Å². The predicted molar refractivity (Wildman–Crippen MR) is 147 cm³/mol. The Balaban J connectivity index is 0.00000115. The molecule has 0 saturated carbocycles. The molecule has 0 unspecified atom stereocenters. The SMILES string of the molecule is CC(C)(c1ccc(C=Nc2ccccc2)c(O)c1)c1ccccc1N=Cc1ccccc1O.[Cl][Ti][Cl]. The predicted octanol–water partition coefficient (Wildman–Crippen LogP) is 8.30. The molecule has 36 heavy (non-hydrogen) atoms. The minimum atomic E-state index is -0.556. The van der Waals surface area contributed by atoms with Gasteiger partial charge in [-0.25, -0.2) is 0 Å². The first kappa shape index (κ1) is 27.7. The summed E-state index contributed by atoms with van der Waals surface area (Å²) >= 11 is -0.556. The van der Waals surface area contributed by atoms with E-state index in [-0.39, 0.29) is 11.5 Å². The summed E-state index contributed by atoms with van der Waals surface area (Å²) < 4.78 is 0. The summed E-state index contributed by atoms with van der Waals surface area (Å²) in [6, 6.07) is 30.3. The van der Waals surface area contributed by atoms with Crippen LogP contribution in [0.3, 0.4) is 0 Å². The molecule has 0 fully saturated rings. The van der Waals surface area contributed by atoms with Gasteiger partial charge in [0.2, 0.25) is 0 Å². The van der Waals surface area contributed by atoms with E-state index in [1.165, 1.54) is 0 Å². The van der Waals surface area contributed by atoms with Crippen molar-refractivity contribution in [2.45, 2.75) is 19.3 Å². The molecule has 0 saturated heterocycles. The molecule has 0 aliphatic rings. The van der Waals surface area contributed by atoms with Gasteiger partial charge < -0.3 is 10.2 Å². The van der Waals surface area contributed by atoms with Crippen molar-refractivity contribution in [1.29, 1.82) is 0 Å². The van der Waals surface area contributed by atoms with Gasteiger partial charge in [-0.2, -0.15) is 0 Å². The van der Waals surface area contributed by atoms with E-state index >= 15 is 0 Å². The monoisotopic (exact) mass is 552 g/mol. The Morgan fingerprint density at radius 2 is 1.28 bits per heavy atom. The molecular formula is C29H26Cl2N2O2Ti. The molecule has 4 nitrogen and oxygen atoms in total. The number of aromatic hydroxyl groups is 2. The van der Waals surface area contributed by atoms with Crippen LogP contribution in [0.15, 0.2) is 107 Å². The van der Waals surface area contributed by atoms with Crippen LogP contribution in [0.5, 0.6) is 11.5 Å². The van der Waals surface area contributed by atoms with Crippen LogP contribution in [0.1, 0.15) is 36.1 Å². The van der Waals surface area contributed by atoms with Crippen LogP contribution in [-0.4, -0.2) is 22.6 Å². The number of para-hydroxylation sites is 3. The average Bonchev–Trinajstić information content (AvgIpc) is 2.89. The van der Waals surface area contributed by atoms with E-state index in [1.54, 1.807) is 30.6 Å². The first-order valence-electron chi connectivity index (χ1n) is 11.2. The minimum absolute atomic E-state index is 0.176. The zero-order chi connectivity index (χ0) is 26.0. The van der Waals surface area contributed by atoms with Crippen molar-refractivity contribution < 1.29 is 27.2 Å². The van der Waals surface area contributed by atoms with Crippen molar-refractivity contribution >= 4 is 42.4 Å². The summed E-state index contributed by atoms with van der Waals surface area (Å²) in [6.45, 7) is 4.21. The van der Waals surface area contributed by atoms with Gasteiger partial charge in [0, 0.05) is 29.0 Å². The molecule has 4 aromatic rings. The Bertz CT molecular complexity index is 1340. The molecule has 0 radical (unpaired) electrons. The second kappa shape index (κ2) is 13.4. The van der Waals surface area contributed by atoms with Crippen LogP contribution in [0.4, 0.5) is 11.4 Å². The standard InChI is InChI=1S/C29H26N2O2.2ClH.Ti/c1-29(2,23-17-16-22(28(33)18-23)19-30-24-11-4-3-5-12-24)25-13-7-8-14-26(25)31-20-21-10-6-9-15-27(21)32;;;/h3-20,32-33H,1-2H3;2*1H;/q;;;+2/p-2. The van der Waals surface area contributed by atoms with E-state index < -0.39 is 22.4 Å². The van der Waals surface area contributed by atoms with Crippen LogP contribution in [0, 0.1) is 0 Å². The Hall–Kier alpha value is -2.89. The maximum absolute atomic E-state index is 10.7. The molecule has 0 aromatic heterocycles. The van der Waals surface area contributed by atoms with E-state index in [1.807, 2.05) is 78.9 Å². The van der Waals surface area contributed by atoms with Gasteiger partial charge in [-0.05, 0) is 53.6 Å². The van der Waals surface area contributed by atoms with E-state index in [9.17, 15) is 10.2 Å². The average molecular weight is 553 g/mol. The molecule has 4 aromatic carbocycles. The van der Waals surface area contributed by atoms with Crippen molar-refractivity contribution in [1.82, 2.24) is 0 Å². The van der Waals surface area contributed by atoms with Crippen molar-refractivity contribution in [2.24, 2.45) is 9.98 Å². The molecule has 0 atom stereocenters. The van der Waals surface area contributed by atoms with Gasteiger partial charge in [0.25, 0.3) is 0 Å². The first-order valence-corrected chi connectivity index (χ1v) is 15.5. The van der Waals surface area contributed by atoms with Crippen LogP contribution in [0.2, 0.25) is 0 Å². The van der Waals surface area contributed by atoms with E-state index in [2.05, 4.69) is 23.8 Å². The summed E-state index contributed by atoms with van der Waals surface area (Å²) in [5.41, 5.74) is 4.51. The van der Waals surface area contributed by atoms with Gasteiger partial charge in [0.15, 0.2) is 0 Å². The quantitative estimate of drug-likeness (QED) is 0.186. The molecule has 0 spiro atoms. The van der Waals surface area contributed by atoms with Crippen molar-refractivity contribution in [3.05, 3.63) is 119 Å². The van der Waals surface area contributed by atoms with Gasteiger partial charge in [-0.1, -0.05) is 68.4 Å². The molecule has 7 heteroatoms. The summed E-state index contributed by atoms with van der Waals surface area (Å²) in [5, 5.41) is 20.7. The van der Waals surface area contributed by atoms with Crippen LogP contribution in [-0.2, 0) is 22.4 Å². The van der Waals surface area contributed by atoms with Crippen LogP contribution in [0.25, 0.3) is 0 Å². The fourth-order valence-electron chi connectivity index (χ4n) is 3.71. The fraction of sp³-hybridized carbons (Fsp3) is 0.103. The molecular weight excluding hydrogens is 527 g/mol. The number of benzene rings is 4. The van der Waals surface area contributed by atoms with Crippen LogP contribution < -0.4 is 0 Å². The Morgan fingerprint density at radius 1 is 0.694 bits per heavy atom. The summed E-state index contributed by atoms with van der Waals surface area (Å²) in [6.07, 6.45) is 3.34. The third-order valence-corrected chi connectivity index (χ3v) is 5.72. The fourth-order valence-corrected chi connectivity index (χ4v) is 3.71. The second-order valence-corrected chi connectivity index (χ2v) is 11.0. The zero-order valence-electron chi connectivity index (χ0n) is 19.9. The number of phenols is 2. The maximum atomic E-state index is 10.7. The zero-order valence-corrected chi connectivity index (χ0v) is 23.0. The molecule has 0 aliphatic heterocycles. The molecule has 2 N–H and O–H groups in total. The van der Waals surface area contributed by atoms with E-state index in [0.717, 1.165) is 22.5 Å². The van der Waals surface area contributed by atoms with Gasteiger partial charge in [0.1, 0.15) is 11.5 Å². The van der Waals surface area contributed by atoms with Gasteiger partial charge >= 0.3 is 35.6 Å². The number of hydrogen-bond donors (Lipinski definition) is 2. The first-order chi connectivity index (χ1) is 17.4. The molecule has 0 amide bonds. The summed E-state index contributed by atoms with van der Waals surface area (Å²) in [5.74, 6) is 0.367. The van der Waals surface area contributed by atoms with Gasteiger partial charge in [0.05, 0.1) is 11.4 Å².